The van der Waals surface area contributed by atoms with Crippen LogP contribution < -0.4 is 0 Å². The van der Waals surface area contributed by atoms with E-state index in [4.69, 9.17) is 16.3 Å². The molecule has 4 aliphatic rings. The first-order valence-corrected chi connectivity index (χ1v) is 11.9. The normalized spacial score (nSPS) is 34.3. The number of allylic oxidation sites excluding steroid dienone is 2. The van der Waals surface area contributed by atoms with Crippen LogP contribution in [0.25, 0.3) is 5.57 Å². The average Bonchev–Trinajstić information content (AvgIpc) is 3.01. The van der Waals surface area contributed by atoms with E-state index in [-0.39, 0.29) is 23.4 Å². The second-order valence-electron chi connectivity index (χ2n) is 10.1. The number of benzene rings is 1. The Morgan fingerprint density at radius 1 is 1.23 bits per heavy atom. The molecule has 2 aliphatic heterocycles. The van der Waals surface area contributed by atoms with Gasteiger partial charge in [0.2, 0.25) is 0 Å². The van der Waals surface area contributed by atoms with Crippen LogP contribution in [0.2, 0.25) is 5.02 Å². The molecule has 2 aliphatic carbocycles. The van der Waals surface area contributed by atoms with E-state index in [0.717, 1.165) is 43.9 Å². The summed E-state index contributed by atoms with van der Waals surface area (Å²) in [6, 6.07) is 8.11. The summed E-state index contributed by atoms with van der Waals surface area (Å²) in [4.78, 5) is 15.3. The predicted octanol–water partition coefficient (Wildman–Crippen LogP) is 5.89. The van der Waals surface area contributed by atoms with E-state index in [0.29, 0.717) is 5.92 Å². The highest BCUT2D eigenvalue weighted by atomic mass is 35.5. The van der Waals surface area contributed by atoms with Gasteiger partial charge in [-0.2, -0.15) is 0 Å². The molecule has 2 heterocycles. The number of fused-ring (bicyclic) bond motifs is 2. The van der Waals surface area contributed by atoms with Crippen LogP contribution >= 0.6 is 11.6 Å². The average molecular weight is 426 g/mol. The van der Waals surface area contributed by atoms with Gasteiger partial charge in [-0.15, -0.1) is 0 Å². The van der Waals surface area contributed by atoms with E-state index < -0.39 is 0 Å². The van der Waals surface area contributed by atoms with E-state index in [9.17, 15) is 4.79 Å². The monoisotopic (exact) mass is 425 g/mol. The van der Waals surface area contributed by atoms with Crippen LogP contribution in [0.1, 0.15) is 57.9 Å². The van der Waals surface area contributed by atoms with Crippen LogP contribution in [0.5, 0.6) is 0 Å². The van der Waals surface area contributed by atoms with Crippen molar-refractivity contribution in [1.29, 1.82) is 0 Å². The molecule has 0 aromatic heterocycles. The molecule has 5 rings (SSSR count). The fourth-order valence-corrected chi connectivity index (χ4v) is 6.53. The van der Waals surface area contributed by atoms with Crippen molar-refractivity contribution in [2.75, 3.05) is 19.6 Å². The molecule has 0 spiro atoms. The third-order valence-corrected chi connectivity index (χ3v) is 8.40. The molecule has 160 valence electrons. The van der Waals surface area contributed by atoms with Gasteiger partial charge >= 0.3 is 5.97 Å². The van der Waals surface area contributed by atoms with Crippen LogP contribution in [0.3, 0.4) is 0 Å². The van der Waals surface area contributed by atoms with Crippen molar-refractivity contribution in [3.05, 3.63) is 52.1 Å². The highest BCUT2D eigenvalue weighted by Crippen LogP contribution is 2.55. The van der Waals surface area contributed by atoms with Crippen molar-refractivity contribution >= 4 is 23.1 Å². The van der Waals surface area contributed by atoms with E-state index in [1.165, 1.54) is 30.4 Å². The number of ether oxygens (including phenoxy) is 1. The maximum Gasteiger partial charge on any atom is 0.310 e. The van der Waals surface area contributed by atoms with Crippen molar-refractivity contribution in [3.8, 4) is 0 Å². The lowest BCUT2D eigenvalue weighted by molar-refractivity contribution is -0.145. The van der Waals surface area contributed by atoms with Gasteiger partial charge in [0, 0.05) is 30.6 Å². The third kappa shape index (κ3) is 3.65. The molecule has 1 saturated heterocycles. The lowest BCUT2D eigenvalue weighted by atomic mass is 9.59. The van der Waals surface area contributed by atoms with E-state index >= 15 is 0 Å². The SMILES string of the molecule is CC1=C2C[C@@H]3[C@@H](C[C@@]2(C)CCC1)OC(=O)[C@@H]3CN1CC=C(c2ccc(Cl)cc2)CC1. The molecule has 1 aromatic rings. The zero-order valence-corrected chi connectivity index (χ0v) is 18.9. The second kappa shape index (κ2) is 7.84. The molecule has 1 saturated carbocycles. The van der Waals surface area contributed by atoms with Crippen LogP contribution in [0.4, 0.5) is 0 Å². The molecule has 3 nitrogen and oxygen atoms in total. The minimum absolute atomic E-state index is 0.0206. The van der Waals surface area contributed by atoms with Crippen molar-refractivity contribution in [1.82, 2.24) is 4.90 Å². The molecule has 4 atom stereocenters. The maximum atomic E-state index is 12.8. The van der Waals surface area contributed by atoms with Gasteiger partial charge in [-0.1, -0.05) is 47.9 Å². The van der Waals surface area contributed by atoms with Crippen LogP contribution in [0, 0.1) is 17.3 Å². The third-order valence-electron chi connectivity index (χ3n) is 8.14. The Labute approximate surface area is 185 Å². The summed E-state index contributed by atoms with van der Waals surface area (Å²) >= 11 is 6.02. The summed E-state index contributed by atoms with van der Waals surface area (Å²) in [6.07, 6.45) is 9.28. The molecular formula is C26H32ClNO2. The fourth-order valence-electron chi connectivity index (χ4n) is 6.40. The number of carbonyl (C=O) groups is 1. The van der Waals surface area contributed by atoms with Crippen molar-refractivity contribution in [2.24, 2.45) is 17.3 Å². The van der Waals surface area contributed by atoms with Gasteiger partial charge in [-0.05, 0) is 74.1 Å². The molecular weight excluding hydrogens is 394 g/mol. The summed E-state index contributed by atoms with van der Waals surface area (Å²) in [5.41, 5.74) is 6.10. The lowest BCUT2D eigenvalue weighted by Gasteiger charge is -2.46. The van der Waals surface area contributed by atoms with E-state index in [2.05, 4.69) is 37.0 Å². The van der Waals surface area contributed by atoms with E-state index in [1.54, 1.807) is 11.1 Å². The Morgan fingerprint density at radius 3 is 2.77 bits per heavy atom. The van der Waals surface area contributed by atoms with Gasteiger partial charge in [-0.25, -0.2) is 0 Å². The first-order valence-electron chi connectivity index (χ1n) is 11.5. The summed E-state index contributed by atoms with van der Waals surface area (Å²) < 4.78 is 5.95. The Hall–Kier alpha value is -1.58. The number of hydrogen-bond acceptors (Lipinski definition) is 3. The van der Waals surface area contributed by atoms with Crippen LogP contribution in [-0.4, -0.2) is 36.6 Å². The number of esters is 1. The molecule has 0 N–H and O–H groups in total. The molecule has 0 bridgehead atoms. The summed E-state index contributed by atoms with van der Waals surface area (Å²) in [5.74, 6) is 0.417. The van der Waals surface area contributed by atoms with Crippen molar-refractivity contribution in [3.63, 3.8) is 0 Å². The van der Waals surface area contributed by atoms with Gasteiger partial charge in [-0.3, -0.25) is 9.69 Å². The van der Waals surface area contributed by atoms with Gasteiger partial charge in [0.15, 0.2) is 0 Å². The minimum Gasteiger partial charge on any atom is -0.462 e. The Balaban J connectivity index is 1.28. The van der Waals surface area contributed by atoms with Gasteiger partial charge in [0.1, 0.15) is 6.10 Å². The summed E-state index contributed by atoms with van der Waals surface area (Å²) in [6.45, 7) is 7.44. The first-order chi connectivity index (χ1) is 14.4. The van der Waals surface area contributed by atoms with Crippen LogP contribution in [0.15, 0.2) is 41.5 Å². The van der Waals surface area contributed by atoms with Gasteiger partial charge in [0.05, 0.1) is 5.92 Å². The molecule has 2 fully saturated rings. The summed E-state index contributed by atoms with van der Waals surface area (Å²) in [7, 11) is 0. The van der Waals surface area contributed by atoms with Crippen LogP contribution in [-0.2, 0) is 9.53 Å². The number of halogens is 1. The largest absolute Gasteiger partial charge is 0.462 e. The lowest BCUT2D eigenvalue weighted by Crippen LogP contribution is -2.42. The molecule has 30 heavy (non-hydrogen) atoms. The number of hydrogen-bond donors (Lipinski definition) is 0. The maximum absolute atomic E-state index is 12.8. The highest BCUT2D eigenvalue weighted by Gasteiger charge is 2.53. The molecule has 4 heteroatoms. The van der Waals surface area contributed by atoms with Gasteiger partial charge < -0.3 is 4.74 Å². The van der Waals surface area contributed by atoms with Crippen molar-refractivity contribution < 1.29 is 9.53 Å². The quantitative estimate of drug-likeness (QED) is 0.446. The number of carbonyl (C=O) groups excluding carboxylic acids is 1. The Morgan fingerprint density at radius 2 is 2.03 bits per heavy atom. The number of nitrogens with zero attached hydrogens (tertiary/aromatic N) is 1. The zero-order chi connectivity index (χ0) is 20.9. The highest BCUT2D eigenvalue weighted by molar-refractivity contribution is 6.30. The Bertz CT molecular complexity index is 902. The second-order valence-corrected chi connectivity index (χ2v) is 10.5. The fraction of sp³-hybridized carbons (Fsp3) is 0.577. The minimum atomic E-state index is 0.0206. The summed E-state index contributed by atoms with van der Waals surface area (Å²) in [5, 5.41) is 0.776. The van der Waals surface area contributed by atoms with E-state index in [1.807, 2.05) is 12.1 Å². The number of rotatable bonds is 3. The smallest absolute Gasteiger partial charge is 0.310 e. The zero-order valence-electron chi connectivity index (χ0n) is 18.1. The molecule has 0 radical (unpaired) electrons. The standard InChI is InChI=1S/C26H32ClNO2/c1-17-4-3-11-26(2)15-24-21(14-23(17)26)22(25(29)30-24)16-28-12-9-19(10-13-28)18-5-7-20(27)8-6-18/h5-9,21-22,24H,3-4,10-16H2,1-2H3/t21-,22+,24+,26+/m0/s1. The molecule has 0 amide bonds. The first kappa shape index (κ1) is 20.3. The molecule has 0 unspecified atom stereocenters. The molecule has 1 aromatic carbocycles. The van der Waals surface area contributed by atoms with Gasteiger partial charge in [0.25, 0.3) is 0 Å². The Kier molecular flexibility index (Phi) is 5.31. The predicted molar refractivity (Wildman–Crippen MR) is 121 cm³/mol. The van der Waals surface area contributed by atoms with Crippen molar-refractivity contribution in [2.45, 2.75) is 58.5 Å². The topological polar surface area (TPSA) is 29.5 Å².